The summed E-state index contributed by atoms with van der Waals surface area (Å²) in [5, 5.41) is 7.24. The van der Waals surface area contributed by atoms with Gasteiger partial charge in [-0.2, -0.15) is 0 Å². The van der Waals surface area contributed by atoms with E-state index in [0.717, 1.165) is 4.88 Å². The Labute approximate surface area is 154 Å². The molecule has 2 aromatic heterocycles. The van der Waals surface area contributed by atoms with E-state index in [4.69, 9.17) is 9.15 Å². The molecular weight excluding hydrogens is 352 g/mol. The average Bonchev–Trinajstić information content (AvgIpc) is 3.35. The van der Waals surface area contributed by atoms with Crippen molar-refractivity contribution in [1.82, 2.24) is 5.32 Å². The van der Waals surface area contributed by atoms with Gasteiger partial charge in [-0.1, -0.05) is 6.07 Å². The van der Waals surface area contributed by atoms with Gasteiger partial charge in [0.05, 0.1) is 13.4 Å². The molecule has 0 bridgehead atoms. The minimum atomic E-state index is -0.498. The lowest BCUT2D eigenvalue weighted by Gasteiger charge is -2.10. The molecular formula is C19H16N2O4S. The van der Waals surface area contributed by atoms with Crippen LogP contribution in [0.3, 0.4) is 0 Å². The van der Waals surface area contributed by atoms with E-state index in [9.17, 15) is 9.59 Å². The number of ether oxygens (including phenoxy) is 1. The summed E-state index contributed by atoms with van der Waals surface area (Å²) in [6, 6.07) is 13.8. The third-order valence-corrected chi connectivity index (χ3v) is 4.23. The van der Waals surface area contributed by atoms with Crippen LogP contribution in [0.1, 0.15) is 15.4 Å². The van der Waals surface area contributed by atoms with Crippen molar-refractivity contribution in [3.05, 3.63) is 76.5 Å². The second kappa shape index (κ2) is 8.17. The number of benzene rings is 1. The van der Waals surface area contributed by atoms with Crippen LogP contribution in [0.5, 0.6) is 5.75 Å². The lowest BCUT2D eigenvalue weighted by Crippen LogP contribution is -2.30. The van der Waals surface area contributed by atoms with Gasteiger partial charge in [0, 0.05) is 10.6 Å². The normalized spacial score (nSPS) is 11.0. The highest BCUT2D eigenvalue weighted by Crippen LogP contribution is 2.17. The minimum Gasteiger partial charge on any atom is -0.497 e. The molecule has 0 fully saturated rings. The molecule has 0 spiro atoms. The Bertz CT molecular complexity index is 898. The molecule has 3 rings (SSSR count). The minimum absolute atomic E-state index is 0.115. The predicted octanol–water partition coefficient (Wildman–Crippen LogP) is 3.76. The van der Waals surface area contributed by atoms with Gasteiger partial charge in [0.1, 0.15) is 11.4 Å². The lowest BCUT2D eigenvalue weighted by molar-refractivity contribution is -0.113. The van der Waals surface area contributed by atoms with E-state index < -0.39 is 11.8 Å². The number of hydrogen-bond acceptors (Lipinski definition) is 5. The maximum atomic E-state index is 12.6. The summed E-state index contributed by atoms with van der Waals surface area (Å²) in [6.45, 7) is 0. The summed E-state index contributed by atoms with van der Waals surface area (Å²) in [7, 11) is 1.57. The highest BCUT2D eigenvalue weighted by molar-refractivity contribution is 7.10. The Hall–Kier alpha value is -3.32. The van der Waals surface area contributed by atoms with Crippen molar-refractivity contribution < 1.29 is 18.7 Å². The Morgan fingerprint density at radius 2 is 1.92 bits per heavy atom. The fourth-order valence-corrected chi connectivity index (χ4v) is 2.80. The van der Waals surface area contributed by atoms with Crippen LogP contribution in [0.15, 0.2) is 70.3 Å². The van der Waals surface area contributed by atoms with Crippen LogP contribution >= 0.6 is 11.3 Å². The zero-order chi connectivity index (χ0) is 18.4. The molecule has 0 radical (unpaired) electrons. The summed E-state index contributed by atoms with van der Waals surface area (Å²) < 4.78 is 10.2. The molecule has 0 atom stereocenters. The van der Waals surface area contributed by atoms with E-state index in [0.29, 0.717) is 11.4 Å². The molecule has 2 heterocycles. The molecule has 0 unspecified atom stereocenters. The number of anilines is 1. The molecule has 0 aliphatic heterocycles. The summed E-state index contributed by atoms with van der Waals surface area (Å²) in [4.78, 5) is 25.7. The van der Waals surface area contributed by atoms with Crippen LogP contribution in [0.2, 0.25) is 0 Å². The second-order valence-corrected chi connectivity index (χ2v) is 6.17. The summed E-state index contributed by atoms with van der Waals surface area (Å²) in [5.41, 5.74) is 0.699. The molecule has 2 amide bonds. The standard InChI is InChI=1S/C19H16N2O4S/c1-24-14-8-6-13(7-9-14)20-18(22)16(12-15-4-3-11-26-15)21-19(23)17-5-2-10-25-17/h2-12H,1H3,(H,20,22)(H,21,23)/b16-12-. The van der Waals surface area contributed by atoms with Crippen LogP contribution in [0.25, 0.3) is 6.08 Å². The molecule has 0 saturated heterocycles. The number of hydrogen-bond donors (Lipinski definition) is 2. The first-order valence-electron chi connectivity index (χ1n) is 7.71. The number of furan rings is 1. The van der Waals surface area contributed by atoms with Crippen LogP contribution in [0.4, 0.5) is 5.69 Å². The third-order valence-electron chi connectivity index (χ3n) is 3.42. The number of thiophene rings is 1. The molecule has 2 N–H and O–H groups in total. The smallest absolute Gasteiger partial charge is 0.291 e. The van der Waals surface area contributed by atoms with Crippen LogP contribution < -0.4 is 15.4 Å². The number of carbonyl (C=O) groups excluding carboxylic acids is 2. The third kappa shape index (κ3) is 4.40. The van der Waals surface area contributed by atoms with Crippen molar-refractivity contribution in [3.63, 3.8) is 0 Å². The van der Waals surface area contributed by atoms with Crippen molar-refractivity contribution in [2.24, 2.45) is 0 Å². The molecule has 132 valence electrons. The molecule has 3 aromatic rings. The van der Waals surface area contributed by atoms with Crippen LogP contribution in [0, 0.1) is 0 Å². The van der Waals surface area contributed by atoms with Crippen molar-refractivity contribution in [2.45, 2.75) is 0 Å². The summed E-state index contributed by atoms with van der Waals surface area (Å²) >= 11 is 1.46. The highest BCUT2D eigenvalue weighted by Gasteiger charge is 2.16. The van der Waals surface area contributed by atoms with Crippen molar-refractivity contribution in [3.8, 4) is 5.75 Å². The molecule has 6 nitrogen and oxygen atoms in total. The number of nitrogens with one attached hydrogen (secondary N) is 2. The zero-order valence-corrected chi connectivity index (χ0v) is 14.7. The molecule has 0 aliphatic carbocycles. The summed E-state index contributed by atoms with van der Waals surface area (Å²) in [6.07, 6.45) is 3.01. The van der Waals surface area contributed by atoms with Gasteiger partial charge in [0.25, 0.3) is 11.8 Å². The topological polar surface area (TPSA) is 80.6 Å². The molecule has 1 aromatic carbocycles. The number of rotatable bonds is 6. The van der Waals surface area contributed by atoms with Crippen molar-refractivity contribution in [1.29, 1.82) is 0 Å². The van der Waals surface area contributed by atoms with Gasteiger partial charge in [-0.05, 0) is 53.9 Å². The van der Waals surface area contributed by atoms with Gasteiger partial charge < -0.3 is 19.8 Å². The lowest BCUT2D eigenvalue weighted by atomic mass is 10.2. The van der Waals surface area contributed by atoms with E-state index in [1.807, 2.05) is 17.5 Å². The maximum absolute atomic E-state index is 12.6. The Kier molecular flexibility index (Phi) is 5.50. The van der Waals surface area contributed by atoms with Gasteiger partial charge in [-0.15, -0.1) is 11.3 Å². The SMILES string of the molecule is COc1ccc(NC(=O)/C(=C/c2cccs2)NC(=O)c2ccco2)cc1. The van der Waals surface area contributed by atoms with Gasteiger partial charge >= 0.3 is 0 Å². The maximum Gasteiger partial charge on any atom is 0.291 e. The molecule has 7 heteroatoms. The van der Waals surface area contributed by atoms with Gasteiger partial charge in [-0.25, -0.2) is 0 Å². The quantitative estimate of drug-likeness (QED) is 0.649. The van der Waals surface area contributed by atoms with E-state index in [2.05, 4.69) is 10.6 Å². The Morgan fingerprint density at radius 1 is 1.12 bits per heavy atom. The molecule has 0 aliphatic rings. The van der Waals surface area contributed by atoms with Gasteiger partial charge in [0.2, 0.25) is 0 Å². The number of methoxy groups -OCH3 is 1. The Morgan fingerprint density at radius 3 is 2.54 bits per heavy atom. The first-order valence-corrected chi connectivity index (χ1v) is 8.59. The van der Waals surface area contributed by atoms with Crippen LogP contribution in [-0.2, 0) is 4.79 Å². The van der Waals surface area contributed by atoms with Gasteiger partial charge in [-0.3, -0.25) is 9.59 Å². The molecule has 26 heavy (non-hydrogen) atoms. The number of amides is 2. The monoisotopic (exact) mass is 368 g/mol. The van der Waals surface area contributed by atoms with E-state index in [1.165, 1.54) is 23.7 Å². The fraction of sp³-hybridized carbons (Fsp3) is 0.0526. The zero-order valence-electron chi connectivity index (χ0n) is 13.9. The molecule has 0 saturated carbocycles. The first-order chi connectivity index (χ1) is 12.7. The predicted molar refractivity (Wildman–Crippen MR) is 100 cm³/mol. The largest absolute Gasteiger partial charge is 0.497 e. The summed E-state index contributed by atoms with van der Waals surface area (Å²) in [5.74, 6) is -0.131. The Balaban J connectivity index is 1.79. The van der Waals surface area contributed by atoms with E-state index in [-0.39, 0.29) is 11.5 Å². The average molecular weight is 368 g/mol. The van der Waals surface area contributed by atoms with Crippen molar-refractivity contribution in [2.75, 3.05) is 12.4 Å². The van der Waals surface area contributed by atoms with Crippen LogP contribution in [-0.4, -0.2) is 18.9 Å². The number of carbonyl (C=O) groups is 2. The van der Waals surface area contributed by atoms with E-state index in [1.54, 1.807) is 43.5 Å². The second-order valence-electron chi connectivity index (χ2n) is 5.19. The fourth-order valence-electron chi connectivity index (χ4n) is 2.14. The van der Waals surface area contributed by atoms with E-state index >= 15 is 0 Å². The van der Waals surface area contributed by atoms with Crippen molar-refractivity contribution >= 4 is 34.9 Å². The highest BCUT2D eigenvalue weighted by atomic mass is 32.1. The van der Waals surface area contributed by atoms with Gasteiger partial charge in [0.15, 0.2) is 5.76 Å². The first kappa shape index (κ1) is 17.5.